The van der Waals surface area contributed by atoms with E-state index in [1.54, 1.807) is 0 Å². The third-order valence-corrected chi connectivity index (χ3v) is 3.07. The van der Waals surface area contributed by atoms with Crippen LogP contribution in [0.25, 0.3) is 11.3 Å². The number of anilines is 1. The monoisotopic (exact) mass is 241 g/mol. The van der Waals surface area contributed by atoms with Crippen molar-refractivity contribution >= 4 is 5.82 Å². The molecule has 2 N–H and O–H groups in total. The van der Waals surface area contributed by atoms with Crippen molar-refractivity contribution in [1.82, 2.24) is 10.2 Å². The minimum absolute atomic E-state index is 0.168. The normalized spacial score (nSPS) is 11.6. The molecule has 0 radical (unpaired) electrons. The molecular weight excluding hydrogens is 222 g/mol. The van der Waals surface area contributed by atoms with Crippen LogP contribution in [0.1, 0.15) is 31.9 Å². The Balaban J connectivity index is 2.37. The lowest BCUT2D eigenvalue weighted by Gasteiger charge is -2.19. The molecule has 2 rings (SSSR count). The van der Waals surface area contributed by atoms with Crippen LogP contribution in [-0.4, -0.2) is 10.2 Å². The van der Waals surface area contributed by atoms with Crippen LogP contribution in [0.4, 0.5) is 5.82 Å². The molecule has 2 aromatic rings. The molecule has 3 nitrogen and oxygen atoms in total. The molecule has 0 bridgehead atoms. The Morgan fingerprint density at radius 3 is 2.11 bits per heavy atom. The highest BCUT2D eigenvalue weighted by Crippen LogP contribution is 2.25. The average molecular weight is 241 g/mol. The maximum Gasteiger partial charge on any atom is 0.149 e. The van der Waals surface area contributed by atoms with Crippen molar-refractivity contribution in [3.8, 4) is 11.3 Å². The van der Waals surface area contributed by atoms with Gasteiger partial charge in [0.25, 0.3) is 0 Å². The second-order valence-electron chi connectivity index (χ2n) is 5.63. The average Bonchev–Trinajstić information content (AvgIpc) is 2.32. The minimum atomic E-state index is 0.168. The smallest absolute Gasteiger partial charge is 0.149 e. The molecule has 0 spiro atoms. The van der Waals surface area contributed by atoms with Crippen LogP contribution in [0.5, 0.6) is 0 Å². The van der Waals surface area contributed by atoms with E-state index in [0.29, 0.717) is 5.82 Å². The Bertz CT molecular complexity index is 551. The SMILES string of the molecule is Cc1cc(-c2ccc(C(C)(C)C)cc2)nnc1N. The number of nitrogens with two attached hydrogens (primary N) is 1. The van der Waals surface area contributed by atoms with Crippen LogP contribution in [0.3, 0.4) is 0 Å². The molecule has 3 heteroatoms. The van der Waals surface area contributed by atoms with Gasteiger partial charge in [-0.1, -0.05) is 45.0 Å². The van der Waals surface area contributed by atoms with E-state index in [-0.39, 0.29) is 5.41 Å². The summed E-state index contributed by atoms with van der Waals surface area (Å²) in [5, 5.41) is 8.08. The van der Waals surface area contributed by atoms with Crippen LogP contribution in [-0.2, 0) is 5.41 Å². The molecule has 1 heterocycles. The molecule has 18 heavy (non-hydrogen) atoms. The molecule has 0 atom stereocenters. The first-order valence-electron chi connectivity index (χ1n) is 6.08. The first-order chi connectivity index (χ1) is 8.38. The van der Waals surface area contributed by atoms with Gasteiger partial charge in [0.1, 0.15) is 5.82 Å². The number of aromatic nitrogens is 2. The first kappa shape index (κ1) is 12.6. The van der Waals surface area contributed by atoms with E-state index in [4.69, 9.17) is 5.73 Å². The van der Waals surface area contributed by atoms with Crippen molar-refractivity contribution in [1.29, 1.82) is 0 Å². The predicted octanol–water partition coefficient (Wildman–Crippen LogP) is 3.33. The number of rotatable bonds is 1. The molecule has 0 amide bonds. The van der Waals surface area contributed by atoms with E-state index >= 15 is 0 Å². The van der Waals surface area contributed by atoms with Crippen molar-refractivity contribution in [2.45, 2.75) is 33.1 Å². The van der Waals surface area contributed by atoms with E-state index in [9.17, 15) is 0 Å². The minimum Gasteiger partial charge on any atom is -0.382 e. The fourth-order valence-corrected chi connectivity index (χ4v) is 1.78. The van der Waals surface area contributed by atoms with Gasteiger partial charge in [-0.15, -0.1) is 10.2 Å². The van der Waals surface area contributed by atoms with Crippen molar-refractivity contribution < 1.29 is 0 Å². The molecule has 0 fully saturated rings. The van der Waals surface area contributed by atoms with Crippen LogP contribution < -0.4 is 5.73 Å². The third kappa shape index (κ3) is 2.50. The zero-order chi connectivity index (χ0) is 13.3. The summed E-state index contributed by atoms with van der Waals surface area (Å²) in [6.45, 7) is 8.55. The van der Waals surface area contributed by atoms with Crippen LogP contribution >= 0.6 is 0 Å². The van der Waals surface area contributed by atoms with Gasteiger partial charge in [-0.05, 0) is 29.5 Å². The summed E-state index contributed by atoms with van der Waals surface area (Å²) in [5.41, 5.74) is 10.0. The van der Waals surface area contributed by atoms with Crippen molar-refractivity contribution in [3.05, 3.63) is 41.5 Å². The van der Waals surface area contributed by atoms with Crippen LogP contribution in [0, 0.1) is 6.92 Å². The maximum atomic E-state index is 5.67. The number of hydrogen-bond acceptors (Lipinski definition) is 3. The van der Waals surface area contributed by atoms with Gasteiger partial charge in [0.2, 0.25) is 0 Å². The van der Waals surface area contributed by atoms with E-state index < -0.39 is 0 Å². The van der Waals surface area contributed by atoms with Gasteiger partial charge >= 0.3 is 0 Å². The van der Waals surface area contributed by atoms with Gasteiger partial charge < -0.3 is 5.73 Å². The number of aryl methyl sites for hydroxylation is 1. The zero-order valence-electron chi connectivity index (χ0n) is 11.4. The standard InChI is InChI=1S/C15H19N3/c1-10-9-13(17-18-14(10)16)11-5-7-12(8-6-11)15(2,3)4/h5-9H,1-4H3,(H2,16,18). The second-order valence-corrected chi connectivity index (χ2v) is 5.63. The second kappa shape index (κ2) is 4.41. The largest absolute Gasteiger partial charge is 0.382 e. The quantitative estimate of drug-likeness (QED) is 0.833. The van der Waals surface area contributed by atoms with E-state index in [2.05, 4.69) is 55.2 Å². The predicted molar refractivity (Wildman–Crippen MR) is 75.3 cm³/mol. The molecule has 94 valence electrons. The van der Waals surface area contributed by atoms with Gasteiger partial charge in [0.05, 0.1) is 5.69 Å². The molecule has 1 aromatic carbocycles. The first-order valence-corrected chi connectivity index (χ1v) is 6.08. The van der Waals surface area contributed by atoms with E-state index in [0.717, 1.165) is 16.8 Å². The fraction of sp³-hybridized carbons (Fsp3) is 0.333. The van der Waals surface area contributed by atoms with Gasteiger partial charge in [-0.25, -0.2) is 0 Å². The fourth-order valence-electron chi connectivity index (χ4n) is 1.78. The Hall–Kier alpha value is -1.90. The highest BCUT2D eigenvalue weighted by atomic mass is 15.1. The Morgan fingerprint density at radius 1 is 1.00 bits per heavy atom. The van der Waals surface area contributed by atoms with E-state index in [1.165, 1.54) is 5.56 Å². The summed E-state index contributed by atoms with van der Waals surface area (Å²) >= 11 is 0. The van der Waals surface area contributed by atoms with Crippen LogP contribution in [0.2, 0.25) is 0 Å². The molecule has 0 unspecified atom stereocenters. The van der Waals surface area contributed by atoms with Gasteiger partial charge in [0.15, 0.2) is 0 Å². The maximum absolute atomic E-state index is 5.67. The molecule has 0 aliphatic rings. The van der Waals surface area contributed by atoms with Crippen LogP contribution in [0.15, 0.2) is 30.3 Å². The Labute approximate surface area is 108 Å². The van der Waals surface area contributed by atoms with Gasteiger partial charge in [-0.2, -0.15) is 0 Å². The van der Waals surface area contributed by atoms with Gasteiger partial charge in [-0.3, -0.25) is 0 Å². The lowest BCUT2D eigenvalue weighted by atomic mass is 9.86. The molecule has 0 saturated heterocycles. The summed E-state index contributed by atoms with van der Waals surface area (Å²) in [6.07, 6.45) is 0. The van der Waals surface area contributed by atoms with E-state index in [1.807, 2.05) is 13.0 Å². The summed E-state index contributed by atoms with van der Waals surface area (Å²) in [4.78, 5) is 0. The van der Waals surface area contributed by atoms with Crippen molar-refractivity contribution in [3.63, 3.8) is 0 Å². The van der Waals surface area contributed by atoms with Crippen molar-refractivity contribution in [2.24, 2.45) is 0 Å². The zero-order valence-corrected chi connectivity index (χ0v) is 11.4. The highest BCUT2D eigenvalue weighted by molar-refractivity contribution is 5.61. The Kier molecular flexibility index (Phi) is 3.07. The molecular formula is C15H19N3. The summed E-state index contributed by atoms with van der Waals surface area (Å²) in [7, 11) is 0. The summed E-state index contributed by atoms with van der Waals surface area (Å²) < 4.78 is 0. The number of nitrogens with zero attached hydrogens (tertiary/aromatic N) is 2. The number of nitrogen functional groups attached to an aromatic ring is 1. The lowest BCUT2D eigenvalue weighted by molar-refractivity contribution is 0.590. The number of benzene rings is 1. The molecule has 1 aromatic heterocycles. The number of hydrogen-bond donors (Lipinski definition) is 1. The topological polar surface area (TPSA) is 51.8 Å². The molecule has 0 saturated carbocycles. The molecule has 0 aliphatic heterocycles. The summed E-state index contributed by atoms with van der Waals surface area (Å²) in [6, 6.07) is 10.4. The highest BCUT2D eigenvalue weighted by Gasteiger charge is 2.13. The lowest BCUT2D eigenvalue weighted by Crippen LogP contribution is -2.10. The Morgan fingerprint density at radius 2 is 1.61 bits per heavy atom. The third-order valence-electron chi connectivity index (χ3n) is 3.07. The summed E-state index contributed by atoms with van der Waals surface area (Å²) in [5.74, 6) is 0.491. The molecule has 0 aliphatic carbocycles. The van der Waals surface area contributed by atoms with Crippen molar-refractivity contribution in [2.75, 3.05) is 5.73 Å². The van der Waals surface area contributed by atoms with Gasteiger partial charge in [0, 0.05) is 5.56 Å².